The van der Waals surface area contributed by atoms with Crippen LogP contribution in [0.25, 0.3) is 0 Å². The molecule has 2 amide bonds. The predicted molar refractivity (Wildman–Crippen MR) is 124 cm³/mol. The average Bonchev–Trinajstić information content (AvgIpc) is 3.33. The Morgan fingerprint density at radius 2 is 1.52 bits per heavy atom. The summed E-state index contributed by atoms with van der Waals surface area (Å²) in [6.45, 7) is 6.85. The van der Waals surface area contributed by atoms with Crippen LogP contribution in [0.1, 0.15) is 37.8 Å². The molecule has 6 nitrogen and oxygen atoms in total. The monoisotopic (exact) mass is 420 g/mol. The van der Waals surface area contributed by atoms with Crippen molar-refractivity contribution >= 4 is 23.2 Å². The molecule has 164 valence electrons. The van der Waals surface area contributed by atoms with Gasteiger partial charge in [-0.05, 0) is 55.8 Å². The van der Waals surface area contributed by atoms with E-state index in [1.54, 1.807) is 0 Å². The fourth-order valence-electron chi connectivity index (χ4n) is 4.65. The first-order chi connectivity index (χ1) is 15.1. The maximum Gasteiger partial charge on any atom is 0.224 e. The standard InChI is InChI=1S/C25H32N4O2/c1-20(30)26-22-11-9-21(10-12-22)24(28-13-5-6-14-28)19-25(31)29-17-15-27(16-18-29)23-7-3-2-4-8-23/h2-4,7-12,24H,5-6,13-19H2,1H3,(H,26,30). The summed E-state index contributed by atoms with van der Waals surface area (Å²) >= 11 is 0. The zero-order chi connectivity index (χ0) is 21.6. The summed E-state index contributed by atoms with van der Waals surface area (Å²) in [4.78, 5) is 31.3. The van der Waals surface area contributed by atoms with Crippen LogP contribution in [-0.4, -0.2) is 60.9 Å². The Bertz CT molecular complexity index is 870. The molecule has 1 N–H and O–H groups in total. The van der Waals surface area contributed by atoms with Crippen molar-refractivity contribution in [3.05, 3.63) is 60.2 Å². The van der Waals surface area contributed by atoms with E-state index < -0.39 is 0 Å². The Hall–Kier alpha value is -2.86. The van der Waals surface area contributed by atoms with E-state index in [0.717, 1.165) is 50.5 Å². The number of anilines is 2. The summed E-state index contributed by atoms with van der Waals surface area (Å²) in [5.41, 5.74) is 3.16. The smallest absolute Gasteiger partial charge is 0.224 e. The van der Waals surface area contributed by atoms with Crippen molar-refractivity contribution in [2.45, 2.75) is 32.2 Å². The van der Waals surface area contributed by atoms with Gasteiger partial charge in [-0.2, -0.15) is 0 Å². The fraction of sp³-hybridized carbons (Fsp3) is 0.440. The Balaban J connectivity index is 1.40. The van der Waals surface area contributed by atoms with E-state index in [2.05, 4.69) is 51.5 Å². The lowest BCUT2D eigenvalue weighted by atomic mass is 10.0. The molecule has 2 aliphatic heterocycles. The lowest BCUT2D eigenvalue weighted by molar-refractivity contribution is -0.132. The van der Waals surface area contributed by atoms with Gasteiger partial charge in [-0.25, -0.2) is 0 Å². The molecule has 0 aliphatic carbocycles. The van der Waals surface area contributed by atoms with Crippen LogP contribution in [0.15, 0.2) is 54.6 Å². The van der Waals surface area contributed by atoms with Crippen molar-refractivity contribution in [3.63, 3.8) is 0 Å². The van der Waals surface area contributed by atoms with Crippen molar-refractivity contribution in [1.82, 2.24) is 9.80 Å². The largest absolute Gasteiger partial charge is 0.368 e. The summed E-state index contributed by atoms with van der Waals surface area (Å²) in [6.07, 6.45) is 2.87. The Morgan fingerprint density at radius 3 is 2.13 bits per heavy atom. The zero-order valence-electron chi connectivity index (χ0n) is 18.3. The van der Waals surface area contributed by atoms with Crippen LogP contribution in [0.5, 0.6) is 0 Å². The normalized spacial score (nSPS) is 18.1. The van der Waals surface area contributed by atoms with Crippen LogP contribution < -0.4 is 10.2 Å². The van der Waals surface area contributed by atoms with E-state index in [9.17, 15) is 9.59 Å². The summed E-state index contributed by atoms with van der Waals surface area (Å²) in [5.74, 6) is 0.157. The highest BCUT2D eigenvalue weighted by Crippen LogP contribution is 2.30. The van der Waals surface area contributed by atoms with Crippen LogP contribution in [-0.2, 0) is 9.59 Å². The lowest BCUT2D eigenvalue weighted by Gasteiger charge is -2.37. The topological polar surface area (TPSA) is 55.9 Å². The van der Waals surface area contributed by atoms with E-state index in [4.69, 9.17) is 0 Å². The second-order valence-corrected chi connectivity index (χ2v) is 8.47. The van der Waals surface area contributed by atoms with Crippen molar-refractivity contribution < 1.29 is 9.59 Å². The van der Waals surface area contributed by atoms with Crippen LogP contribution >= 0.6 is 0 Å². The quantitative estimate of drug-likeness (QED) is 0.777. The number of piperazine rings is 1. The molecule has 31 heavy (non-hydrogen) atoms. The number of hydrogen-bond acceptors (Lipinski definition) is 4. The highest BCUT2D eigenvalue weighted by Gasteiger charge is 2.29. The molecule has 2 aromatic rings. The molecular formula is C25H32N4O2. The summed E-state index contributed by atoms with van der Waals surface area (Å²) < 4.78 is 0. The molecule has 0 bridgehead atoms. The number of para-hydroxylation sites is 1. The molecule has 2 saturated heterocycles. The molecule has 4 rings (SSSR count). The van der Waals surface area contributed by atoms with Gasteiger partial charge in [-0.3, -0.25) is 14.5 Å². The Labute approximate surface area is 184 Å². The maximum atomic E-state index is 13.2. The molecule has 1 atom stereocenters. The minimum Gasteiger partial charge on any atom is -0.368 e. The van der Waals surface area contributed by atoms with E-state index >= 15 is 0 Å². The second kappa shape index (κ2) is 9.96. The van der Waals surface area contributed by atoms with Gasteiger partial charge in [-0.15, -0.1) is 0 Å². The summed E-state index contributed by atoms with van der Waals surface area (Å²) in [6, 6.07) is 18.5. The van der Waals surface area contributed by atoms with E-state index in [0.29, 0.717) is 6.42 Å². The average molecular weight is 421 g/mol. The van der Waals surface area contributed by atoms with E-state index in [-0.39, 0.29) is 17.9 Å². The molecule has 2 aromatic carbocycles. The van der Waals surface area contributed by atoms with Crippen molar-refractivity contribution in [3.8, 4) is 0 Å². The zero-order valence-corrected chi connectivity index (χ0v) is 18.3. The number of carbonyl (C=O) groups is 2. The van der Waals surface area contributed by atoms with Crippen LogP contribution in [0.2, 0.25) is 0 Å². The van der Waals surface area contributed by atoms with Gasteiger partial charge in [0.2, 0.25) is 11.8 Å². The van der Waals surface area contributed by atoms with Crippen LogP contribution in [0, 0.1) is 0 Å². The highest BCUT2D eigenvalue weighted by molar-refractivity contribution is 5.88. The number of rotatable bonds is 6. The third kappa shape index (κ3) is 5.44. The third-order valence-corrected chi connectivity index (χ3v) is 6.32. The number of carbonyl (C=O) groups excluding carboxylic acids is 2. The molecule has 2 fully saturated rings. The van der Waals surface area contributed by atoms with Gasteiger partial charge in [0.05, 0.1) is 0 Å². The third-order valence-electron chi connectivity index (χ3n) is 6.32. The number of benzene rings is 2. The maximum absolute atomic E-state index is 13.2. The van der Waals surface area contributed by atoms with Gasteiger partial charge in [0.15, 0.2) is 0 Å². The number of amides is 2. The highest BCUT2D eigenvalue weighted by atomic mass is 16.2. The van der Waals surface area contributed by atoms with E-state index in [1.165, 1.54) is 25.5 Å². The first kappa shape index (κ1) is 21.4. The molecule has 6 heteroatoms. The first-order valence-corrected chi connectivity index (χ1v) is 11.3. The van der Waals surface area contributed by atoms with E-state index in [1.807, 2.05) is 23.1 Å². The molecule has 0 saturated carbocycles. The molecule has 2 heterocycles. The van der Waals surface area contributed by atoms with Crippen LogP contribution in [0.3, 0.4) is 0 Å². The summed E-state index contributed by atoms with van der Waals surface area (Å²) in [7, 11) is 0. The molecule has 1 unspecified atom stereocenters. The van der Waals surface area contributed by atoms with Crippen molar-refractivity contribution in [2.75, 3.05) is 49.5 Å². The fourth-order valence-corrected chi connectivity index (χ4v) is 4.65. The van der Waals surface area contributed by atoms with Crippen molar-refractivity contribution in [1.29, 1.82) is 0 Å². The molecule has 2 aliphatic rings. The van der Waals surface area contributed by atoms with Gasteiger partial charge in [-0.1, -0.05) is 30.3 Å². The summed E-state index contributed by atoms with van der Waals surface area (Å²) in [5, 5.41) is 2.82. The van der Waals surface area contributed by atoms with Crippen molar-refractivity contribution in [2.24, 2.45) is 0 Å². The minimum atomic E-state index is -0.0753. The number of nitrogens with one attached hydrogen (secondary N) is 1. The molecule has 0 spiro atoms. The molecule has 0 aromatic heterocycles. The van der Waals surface area contributed by atoms with Gasteiger partial charge in [0.25, 0.3) is 0 Å². The first-order valence-electron chi connectivity index (χ1n) is 11.3. The van der Waals surface area contributed by atoms with Gasteiger partial charge in [0, 0.05) is 56.9 Å². The van der Waals surface area contributed by atoms with Gasteiger partial charge < -0.3 is 15.1 Å². The number of likely N-dealkylation sites (tertiary alicyclic amines) is 1. The molecular weight excluding hydrogens is 388 g/mol. The number of nitrogens with zero attached hydrogens (tertiary/aromatic N) is 3. The predicted octanol–water partition coefficient (Wildman–Crippen LogP) is 3.52. The lowest BCUT2D eigenvalue weighted by Crippen LogP contribution is -2.49. The van der Waals surface area contributed by atoms with Gasteiger partial charge in [0.1, 0.15) is 0 Å². The minimum absolute atomic E-state index is 0.0753. The Morgan fingerprint density at radius 1 is 0.871 bits per heavy atom. The van der Waals surface area contributed by atoms with Gasteiger partial charge >= 0.3 is 0 Å². The second-order valence-electron chi connectivity index (χ2n) is 8.47. The SMILES string of the molecule is CC(=O)Nc1ccc(C(CC(=O)N2CCN(c3ccccc3)CC2)N2CCCC2)cc1. The molecule has 0 radical (unpaired) electrons. The Kier molecular flexibility index (Phi) is 6.87. The van der Waals surface area contributed by atoms with Crippen LogP contribution in [0.4, 0.5) is 11.4 Å². The number of hydrogen-bond donors (Lipinski definition) is 1.